The second-order valence-corrected chi connectivity index (χ2v) is 9.27. The van der Waals surface area contributed by atoms with E-state index in [1.54, 1.807) is 27.0 Å². The largest absolute Gasteiger partial charge is 0.491 e. The second-order valence-electron chi connectivity index (χ2n) is 8.21. The standard InChI is InChI=1S/C17H28BN3O4S/c1-15(2,3)23-14(22)21-13-20-10-12(26-13)8-11(9-19)18-24-16(4,5)17(6,7)25-18/h8,10H,9,19H2,1-7H3,(H,20,21,22). The molecule has 1 aliphatic rings. The topological polar surface area (TPSA) is 95.7 Å². The normalized spacial score (nSPS) is 19.5. The number of carbonyl (C=O) groups excluding carboxylic acids is 1. The Labute approximate surface area is 159 Å². The van der Waals surface area contributed by atoms with Crippen molar-refractivity contribution in [2.45, 2.75) is 65.3 Å². The lowest BCUT2D eigenvalue weighted by molar-refractivity contribution is 0.00578. The van der Waals surface area contributed by atoms with Gasteiger partial charge in [-0.3, -0.25) is 5.32 Å². The molecule has 9 heteroatoms. The van der Waals surface area contributed by atoms with Gasteiger partial charge >= 0.3 is 13.2 Å². The first-order valence-electron chi connectivity index (χ1n) is 8.55. The van der Waals surface area contributed by atoms with Crippen LogP contribution in [0.3, 0.4) is 0 Å². The number of carbonyl (C=O) groups is 1. The Morgan fingerprint density at radius 3 is 2.42 bits per heavy atom. The van der Waals surface area contributed by atoms with E-state index in [1.807, 2.05) is 33.8 Å². The van der Waals surface area contributed by atoms with Crippen LogP contribution in [-0.2, 0) is 14.0 Å². The van der Waals surface area contributed by atoms with Gasteiger partial charge in [-0.15, -0.1) is 0 Å². The zero-order valence-electron chi connectivity index (χ0n) is 16.5. The van der Waals surface area contributed by atoms with E-state index in [1.165, 1.54) is 11.3 Å². The van der Waals surface area contributed by atoms with E-state index in [9.17, 15) is 4.79 Å². The first-order chi connectivity index (χ1) is 11.8. The van der Waals surface area contributed by atoms with Crippen LogP contribution in [0.25, 0.3) is 6.08 Å². The van der Waals surface area contributed by atoms with Gasteiger partial charge in [-0.25, -0.2) is 9.78 Å². The van der Waals surface area contributed by atoms with Crippen LogP contribution in [-0.4, -0.2) is 41.5 Å². The van der Waals surface area contributed by atoms with Crippen LogP contribution in [0, 0.1) is 0 Å². The van der Waals surface area contributed by atoms with Gasteiger partial charge in [-0.2, -0.15) is 0 Å². The summed E-state index contributed by atoms with van der Waals surface area (Å²) in [7, 11) is -0.505. The molecule has 0 aliphatic carbocycles. The molecule has 2 heterocycles. The van der Waals surface area contributed by atoms with Gasteiger partial charge in [0.1, 0.15) is 5.60 Å². The number of amides is 1. The zero-order chi connectivity index (χ0) is 19.8. The average Bonchev–Trinajstić information content (AvgIpc) is 2.96. The Kier molecular flexibility index (Phi) is 5.87. The second kappa shape index (κ2) is 7.30. The van der Waals surface area contributed by atoms with E-state index < -0.39 is 30.0 Å². The van der Waals surface area contributed by atoms with Crippen LogP contribution in [0.5, 0.6) is 0 Å². The van der Waals surface area contributed by atoms with Crippen LogP contribution in [0.1, 0.15) is 53.3 Å². The molecule has 1 aromatic heterocycles. The van der Waals surface area contributed by atoms with Crippen LogP contribution in [0.15, 0.2) is 11.7 Å². The highest BCUT2D eigenvalue weighted by Crippen LogP contribution is 2.38. The minimum Gasteiger partial charge on any atom is -0.444 e. The summed E-state index contributed by atoms with van der Waals surface area (Å²) in [5.41, 5.74) is 5.30. The summed E-state index contributed by atoms with van der Waals surface area (Å²) >= 11 is 1.32. The van der Waals surface area contributed by atoms with Crippen molar-refractivity contribution in [3.8, 4) is 0 Å². The van der Waals surface area contributed by atoms with Gasteiger partial charge in [0, 0.05) is 17.6 Å². The lowest BCUT2D eigenvalue weighted by Gasteiger charge is -2.32. The number of nitrogens with two attached hydrogens (primary N) is 1. The molecular weight excluding hydrogens is 353 g/mol. The highest BCUT2D eigenvalue weighted by molar-refractivity contribution is 7.16. The van der Waals surface area contributed by atoms with Gasteiger partial charge in [0.05, 0.1) is 11.2 Å². The molecule has 1 amide bonds. The number of ether oxygens (including phenoxy) is 1. The highest BCUT2D eigenvalue weighted by Gasteiger charge is 2.52. The van der Waals surface area contributed by atoms with Gasteiger partial charge in [0.25, 0.3) is 0 Å². The molecule has 0 aromatic carbocycles. The predicted molar refractivity (Wildman–Crippen MR) is 105 cm³/mol. The first-order valence-corrected chi connectivity index (χ1v) is 9.37. The lowest BCUT2D eigenvalue weighted by atomic mass is 9.78. The third kappa shape index (κ3) is 5.06. The third-order valence-corrected chi connectivity index (χ3v) is 5.11. The SMILES string of the molecule is CC(C)(C)OC(=O)Nc1ncc(C=C(CN)B2OC(C)(C)C(C)(C)O2)s1. The number of hydrogen-bond donors (Lipinski definition) is 2. The number of aromatic nitrogens is 1. The monoisotopic (exact) mass is 381 g/mol. The fraction of sp³-hybridized carbons (Fsp3) is 0.647. The van der Waals surface area contributed by atoms with Crippen molar-refractivity contribution in [3.05, 3.63) is 16.5 Å². The van der Waals surface area contributed by atoms with Gasteiger partial charge in [0.15, 0.2) is 5.13 Å². The molecule has 0 unspecified atom stereocenters. The summed E-state index contributed by atoms with van der Waals surface area (Å²) in [6, 6.07) is 0. The summed E-state index contributed by atoms with van der Waals surface area (Å²) in [5, 5.41) is 3.08. The Bertz CT molecular complexity index is 678. The minimum absolute atomic E-state index is 0.295. The Balaban J connectivity index is 2.09. The molecule has 1 aliphatic heterocycles. The molecule has 2 rings (SSSR count). The molecule has 0 radical (unpaired) electrons. The van der Waals surface area contributed by atoms with Crippen LogP contribution >= 0.6 is 11.3 Å². The summed E-state index contributed by atoms with van der Waals surface area (Å²) in [6.45, 7) is 13.7. The first kappa shape index (κ1) is 20.9. The summed E-state index contributed by atoms with van der Waals surface area (Å²) in [6.07, 6.45) is 3.02. The van der Waals surface area contributed by atoms with Crippen molar-refractivity contribution in [3.63, 3.8) is 0 Å². The van der Waals surface area contributed by atoms with Crippen molar-refractivity contribution in [2.75, 3.05) is 11.9 Å². The number of nitrogens with one attached hydrogen (secondary N) is 1. The van der Waals surface area contributed by atoms with Crippen molar-refractivity contribution in [1.82, 2.24) is 4.98 Å². The smallest absolute Gasteiger partial charge is 0.444 e. The number of anilines is 1. The van der Waals surface area contributed by atoms with Gasteiger partial charge < -0.3 is 19.8 Å². The van der Waals surface area contributed by atoms with Gasteiger partial charge in [-0.05, 0) is 60.0 Å². The summed E-state index contributed by atoms with van der Waals surface area (Å²) < 4.78 is 17.3. The van der Waals surface area contributed by atoms with Crippen molar-refractivity contribution in [1.29, 1.82) is 0 Å². The van der Waals surface area contributed by atoms with Crippen LogP contribution in [0.4, 0.5) is 9.93 Å². The fourth-order valence-electron chi connectivity index (χ4n) is 2.20. The lowest BCUT2D eigenvalue weighted by Crippen LogP contribution is -2.41. The zero-order valence-corrected chi connectivity index (χ0v) is 17.3. The van der Waals surface area contributed by atoms with Crippen molar-refractivity contribution >= 4 is 35.8 Å². The van der Waals surface area contributed by atoms with Gasteiger partial charge in [-0.1, -0.05) is 11.3 Å². The predicted octanol–water partition coefficient (Wildman–Crippen LogP) is 3.46. The van der Waals surface area contributed by atoms with E-state index in [-0.39, 0.29) is 0 Å². The number of thiazole rings is 1. The van der Waals surface area contributed by atoms with E-state index in [4.69, 9.17) is 19.8 Å². The highest BCUT2D eigenvalue weighted by atomic mass is 32.1. The number of hydrogen-bond acceptors (Lipinski definition) is 7. The Morgan fingerprint density at radius 1 is 1.35 bits per heavy atom. The molecule has 3 N–H and O–H groups in total. The fourth-order valence-corrected chi connectivity index (χ4v) is 2.98. The molecule has 1 fully saturated rings. The molecule has 144 valence electrons. The molecule has 0 bridgehead atoms. The van der Waals surface area contributed by atoms with E-state index in [2.05, 4.69) is 10.3 Å². The Hall–Kier alpha value is -1.42. The average molecular weight is 381 g/mol. The molecule has 0 saturated carbocycles. The van der Waals surface area contributed by atoms with E-state index >= 15 is 0 Å². The molecule has 0 spiro atoms. The van der Waals surface area contributed by atoms with E-state index in [0.717, 1.165) is 10.3 Å². The third-order valence-electron chi connectivity index (χ3n) is 4.25. The molecular formula is C17H28BN3O4S. The van der Waals surface area contributed by atoms with Crippen LogP contribution < -0.4 is 11.1 Å². The molecule has 7 nitrogen and oxygen atoms in total. The molecule has 0 atom stereocenters. The van der Waals surface area contributed by atoms with Crippen molar-refractivity contribution in [2.24, 2.45) is 5.73 Å². The maximum Gasteiger partial charge on any atom is 0.491 e. The van der Waals surface area contributed by atoms with E-state index in [0.29, 0.717) is 11.7 Å². The number of nitrogens with zero attached hydrogens (tertiary/aromatic N) is 1. The number of rotatable bonds is 4. The minimum atomic E-state index is -0.562. The van der Waals surface area contributed by atoms with Crippen LogP contribution in [0.2, 0.25) is 0 Å². The Morgan fingerprint density at radius 2 is 1.92 bits per heavy atom. The summed E-state index contributed by atoms with van der Waals surface area (Å²) in [4.78, 5) is 16.9. The molecule has 26 heavy (non-hydrogen) atoms. The summed E-state index contributed by atoms with van der Waals surface area (Å²) in [5.74, 6) is 0. The maximum absolute atomic E-state index is 11.8. The quantitative estimate of drug-likeness (QED) is 0.776. The van der Waals surface area contributed by atoms with Crippen molar-refractivity contribution < 1.29 is 18.8 Å². The maximum atomic E-state index is 11.8. The molecule has 1 saturated heterocycles. The van der Waals surface area contributed by atoms with Gasteiger partial charge in [0.2, 0.25) is 0 Å². The molecule has 1 aromatic rings.